The number of ether oxygens (including phenoxy) is 1. The van der Waals surface area contributed by atoms with E-state index in [1.165, 1.54) is 12.0 Å². The van der Waals surface area contributed by atoms with Crippen LogP contribution in [0.3, 0.4) is 0 Å². The van der Waals surface area contributed by atoms with Gasteiger partial charge in [-0.2, -0.15) is 0 Å². The van der Waals surface area contributed by atoms with Crippen LogP contribution in [0, 0.1) is 11.3 Å². The van der Waals surface area contributed by atoms with Crippen LogP contribution >= 0.6 is 0 Å². The molecule has 2 aliphatic carbocycles. The summed E-state index contributed by atoms with van der Waals surface area (Å²) in [5.41, 5.74) is 0.579. The molecule has 5 rings (SSSR count). The van der Waals surface area contributed by atoms with Crippen molar-refractivity contribution in [3.8, 4) is 0 Å². The van der Waals surface area contributed by atoms with Crippen molar-refractivity contribution >= 4 is 5.78 Å². The molecule has 2 heterocycles. The zero-order chi connectivity index (χ0) is 18.4. The highest BCUT2D eigenvalue weighted by Crippen LogP contribution is 2.66. The average Bonchev–Trinajstić information content (AvgIpc) is 2.65. The van der Waals surface area contributed by atoms with Gasteiger partial charge in [-0.15, -0.1) is 6.58 Å². The molecule has 2 bridgehead atoms. The van der Waals surface area contributed by atoms with Crippen molar-refractivity contribution in [3.05, 3.63) is 48.6 Å². The van der Waals surface area contributed by atoms with Gasteiger partial charge in [-0.1, -0.05) is 62.6 Å². The first-order valence-electron chi connectivity index (χ1n) is 10.4. The summed E-state index contributed by atoms with van der Waals surface area (Å²) < 4.78 is 7.11. The Morgan fingerprint density at radius 1 is 1.27 bits per heavy atom. The van der Waals surface area contributed by atoms with Gasteiger partial charge in [0, 0.05) is 23.7 Å². The normalized spacial score (nSPS) is 40.1. The molecule has 140 valence electrons. The number of hydrogen-bond acceptors (Lipinski definition) is 2. The van der Waals surface area contributed by atoms with E-state index < -0.39 is 5.60 Å². The van der Waals surface area contributed by atoms with Crippen molar-refractivity contribution in [2.45, 2.75) is 82.3 Å². The van der Waals surface area contributed by atoms with Gasteiger partial charge in [-0.05, 0) is 38.2 Å². The van der Waals surface area contributed by atoms with Crippen LogP contribution < -0.4 is 0 Å². The number of Topliss-reactive ketones (excluding diaryl/α,β-unsaturated/α-hetero) is 1. The molecule has 2 aliphatic heterocycles. The van der Waals surface area contributed by atoms with Crippen LogP contribution in [0.4, 0.5) is 0 Å². The van der Waals surface area contributed by atoms with E-state index in [-0.39, 0.29) is 22.9 Å². The number of carbonyl (C=O) groups is 1. The minimum Gasteiger partial charge on any atom is -0.366 e. The number of rotatable bonds is 5. The third-order valence-electron chi connectivity index (χ3n) is 7.75. The zero-order valence-corrected chi connectivity index (χ0v) is 16.3. The Hall–Kier alpha value is -1.41. The topological polar surface area (TPSA) is 26.3 Å². The van der Waals surface area contributed by atoms with Crippen molar-refractivity contribution in [2.75, 3.05) is 0 Å². The van der Waals surface area contributed by atoms with E-state index in [9.17, 15) is 4.79 Å². The maximum absolute atomic E-state index is 13.2. The molecule has 4 fully saturated rings. The summed E-state index contributed by atoms with van der Waals surface area (Å²) in [6.45, 7) is 8.65. The van der Waals surface area contributed by atoms with Crippen LogP contribution in [0.5, 0.6) is 0 Å². The molecule has 1 aromatic rings. The van der Waals surface area contributed by atoms with Crippen LogP contribution in [0.15, 0.2) is 43.0 Å². The molecule has 3 unspecified atom stereocenters. The molecule has 1 spiro atoms. The largest absolute Gasteiger partial charge is 0.366 e. The third kappa shape index (κ3) is 2.37. The van der Waals surface area contributed by atoms with Gasteiger partial charge in [-0.25, -0.2) is 0 Å². The molecule has 4 aliphatic rings. The second-order valence-corrected chi connectivity index (χ2v) is 9.00. The van der Waals surface area contributed by atoms with Gasteiger partial charge in [0.25, 0.3) is 0 Å². The van der Waals surface area contributed by atoms with Crippen LogP contribution in [-0.2, 0) is 9.53 Å². The molecule has 0 aromatic heterocycles. The number of fused-ring (bicyclic) bond motifs is 2. The number of hydrogen-bond donors (Lipinski definition) is 0. The minimum absolute atomic E-state index is 0.00319. The Labute approximate surface area is 158 Å². The van der Waals surface area contributed by atoms with Crippen molar-refractivity contribution < 1.29 is 9.53 Å². The van der Waals surface area contributed by atoms with Crippen molar-refractivity contribution in [1.82, 2.24) is 0 Å². The van der Waals surface area contributed by atoms with Crippen LogP contribution in [0.1, 0.15) is 76.7 Å². The molecule has 0 radical (unpaired) electrons. The molecular formula is C24H32O2. The molecule has 0 N–H and O–H groups in total. The molecular weight excluding hydrogens is 320 g/mol. The first kappa shape index (κ1) is 18.0. The SMILES string of the molecule is C=CC12CCCCC13CC(=O)[C@H](C2)C(C)([C@H](CCC)c1ccccc1)O3. The highest BCUT2D eigenvalue weighted by molar-refractivity contribution is 5.86. The van der Waals surface area contributed by atoms with Gasteiger partial charge >= 0.3 is 0 Å². The molecule has 2 nitrogen and oxygen atoms in total. The Balaban J connectivity index is 1.79. The highest BCUT2D eigenvalue weighted by Gasteiger charge is 2.68. The van der Waals surface area contributed by atoms with Gasteiger partial charge in [-0.3, -0.25) is 4.79 Å². The highest BCUT2D eigenvalue weighted by atomic mass is 16.5. The summed E-state index contributed by atoms with van der Waals surface area (Å²) in [6.07, 6.45) is 10.3. The van der Waals surface area contributed by atoms with Gasteiger partial charge in [0.05, 0.1) is 11.2 Å². The zero-order valence-electron chi connectivity index (χ0n) is 16.3. The third-order valence-corrected chi connectivity index (χ3v) is 7.75. The van der Waals surface area contributed by atoms with E-state index in [1.807, 2.05) is 0 Å². The fourth-order valence-electron chi connectivity index (χ4n) is 6.41. The van der Waals surface area contributed by atoms with E-state index >= 15 is 0 Å². The maximum atomic E-state index is 13.2. The Morgan fingerprint density at radius 3 is 2.69 bits per heavy atom. The monoisotopic (exact) mass is 352 g/mol. The van der Waals surface area contributed by atoms with Crippen molar-refractivity contribution in [3.63, 3.8) is 0 Å². The minimum atomic E-state index is -0.406. The molecule has 5 atom stereocenters. The van der Waals surface area contributed by atoms with Crippen LogP contribution in [0.2, 0.25) is 0 Å². The Bertz CT molecular complexity index is 695. The lowest BCUT2D eigenvalue weighted by molar-refractivity contribution is -0.294. The van der Waals surface area contributed by atoms with Gasteiger partial charge in [0.2, 0.25) is 0 Å². The maximum Gasteiger partial charge on any atom is 0.141 e. The van der Waals surface area contributed by atoms with Crippen LogP contribution in [-0.4, -0.2) is 17.0 Å². The Kier molecular flexibility index (Phi) is 4.38. The molecule has 26 heavy (non-hydrogen) atoms. The molecule has 2 saturated heterocycles. The van der Waals surface area contributed by atoms with Gasteiger partial charge in [0.1, 0.15) is 5.78 Å². The first-order chi connectivity index (χ1) is 12.5. The molecule has 0 amide bonds. The van der Waals surface area contributed by atoms with Gasteiger partial charge in [0.15, 0.2) is 0 Å². The molecule has 1 aromatic carbocycles. The standard InChI is InChI=1S/C24H32O2/c1-4-11-19(18-12-7-6-8-13-18)22(3)20-16-23(5-2)14-9-10-15-24(23,26-22)17-21(20)25/h5-8,12-13,19-20H,2,4,9-11,14-17H2,1,3H3/t19-,20+,22?,23?,24?/m1/s1. The number of ketones is 1. The summed E-state index contributed by atoms with van der Waals surface area (Å²) in [5, 5.41) is 0. The first-order valence-corrected chi connectivity index (χ1v) is 10.4. The second kappa shape index (κ2) is 6.34. The average molecular weight is 353 g/mol. The summed E-state index contributed by atoms with van der Waals surface area (Å²) >= 11 is 0. The predicted octanol–water partition coefficient (Wildman–Crippen LogP) is 5.82. The summed E-state index contributed by atoms with van der Waals surface area (Å²) in [5.74, 6) is 0.678. The van der Waals surface area contributed by atoms with E-state index in [0.717, 1.165) is 38.5 Å². The van der Waals surface area contributed by atoms with Crippen molar-refractivity contribution in [1.29, 1.82) is 0 Å². The van der Waals surface area contributed by atoms with Crippen LogP contribution in [0.25, 0.3) is 0 Å². The lowest BCUT2D eigenvalue weighted by Crippen LogP contribution is -2.71. The number of benzene rings is 1. The smallest absolute Gasteiger partial charge is 0.141 e. The quantitative estimate of drug-likeness (QED) is 0.624. The lowest BCUT2D eigenvalue weighted by Gasteiger charge is -2.67. The molecule has 2 heteroatoms. The van der Waals surface area contributed by atoms with Gasteiger partial charge < -0.3 is 4.74 Å². The summed E-state index contributed by atoms with van der Waals surface area (Å²) in [7, 11) is 0. The van der Waals surface area contributed by atoms with E-state index in [0.29, 0.717) is 12.2 Å². The summed E-state index contributed by atoms with van der Waals surface area (Å²) in [4.78, 5) is 13.2. The summed E-state index contributed by atoms with van der Waals surface area (Å²) in [6, 6.07) is 10.7. The van der Waals surface area contributed by atoms with Crippen molar-refractivity contribution in [2.24, 2.45) is 11.3 Å². The van der Waals surface area contributed by atoms with E-state index in [2.05, 4.69) is 56.8 Å². The van der Waals surface area contributed by atoms with E-state index in [1.54, 1.807) is 0 Å². The fraction of sp³-hybridized carbons (Fsp3) is 0.625. The second-order valence-electron chi connectivity index (χ2n) is 9.00. The predicted molar refractivity (Wildman–Crippen MR) is 105 cm³/mol. The molecule has 2 saturated carbocycles. The Morgan fingerprint density at radius 2 is 2.00 bits per heavy atom. The van der Waals surface area contributed by atoms with E-state index in [4.69, 9.17) is 4.74 Å². The number of carbonyl (C=O) groups excluding carboxylic acids is 1. The lowest BCUT2D eigenvalue weighted by atomic mass is 9.48. The fourth-order valence-corrected chi connectivity index (χ4v) is 6.41.